The van der Waals surface area contributed by atoms with Crippen LogP contribution in [0.5, 0.6) is 0 Å². The van der Waals surface area contributed by atoms with Crippen LogP contribution < -0.4 is 9.62 Å². The lowest BCUT2D eigenvalue weighted by atomic mass is 10.1. The number of nitrogens with zero attached hydrogens (tertiary/aromatic N) is 1. The number of halogens is 2. The van der Waals surface area contributed by atoms with Gasteiger partial charge in [-0.25, -0.2) is 12.8 Å². The van der Waals surface area contributed by atoms with E-state index in [1.807, 2.05) is 18.2 Å². The molecule has 2 aromatic carbocycles. The topological polar surface area (TPSA) is 66.5 Å². The maximum absolute atomic E-state index is 14.3. The van der Waals surface area contributed by atoms with Gasteiger partial charge in [-0.2, -0.15) is 0 Å². The zero-order valence-electron chi connectivity index (χ0n) is 15.9. The highest BCUT2D eigenvalue weighted by molar-refractivity contribution is 7.94. The predicted octanol–water partition coefficient (Wildman–Crippen LogP) is 4.48. The Balaban J connectivity index is 1.68. The summed E-state index contributed by atoms with van der Waals surface area (Å²) in [6.45, 7) is -0.179. The lowest BCUT2D eigenvalue weighted by Gasteiger charge is -2.23. The van der Waals surface area contributed by atoms with E-state index in [1.165, 1.54) is 24.3 Å². The number of thiophene rings is 1. The van der Waals surface area contributed by atoms with Crippen LogP contribution in [0.1, 0.15) is 12.0 Å². The molecule has 0 unspecified atom stereocenters. The number of para-hydroxylation sites is 1. The summed E-state index contributed by atoms with van der Waals surface area (Å²) in [7, 11) is -4.07. The summed E-state index contributed by atoms with van der Waals surface area (Å²) in [5, 5.41) is 4.98. The summed E-state index contributed by atoms with van der Waals surface area (Å²) in [5.41, 5.74) is 0.804. The molecule has 0 saturated carbocycles. The summed E-state index contributed by atoms with van der Waals surface area (Å²) in [5.74, 6) is -1.23. The van der Waals surface area contributed by atoms with Gasteiger partial charge in [0.2, 0.25) is 5.91 Å². The van der Waals surface area contributed by atoms with E-state index < -0.39 is 28.3 Å². The molecule has 0 bridgehead atoms. The predicted molar refractivity (Wildman–Crippen MR) is 118 cm³/mol. The molecule has 30 heavy (non-hydrogen) atoms. The highest BCUT2D eigenvalue weighted by atomic mass is 35.5. The summed E-state index contributed by atoms with van der Waals surface area (Å²) >= 11 is 7.13. The minimum absolute atomic E-state index is 0.0391. The van der Waals surface area contributed by atoms with E-state index >= 15 is 0 Å². The number of nitrogens with one attached hydrogen (secondary N) is 1. The third-order valence-electron chi connectivity index (χ3n) is 4.35. The Morgan fingerprint density at radius 1 is 1.07 bits per heavy atom. The van der Waals surface area contributed by atoms with Crippen molar-refractivity contribution in [2.45, 2.75) is 17.1 Å². The van der Waals surface area contributed by atoms with Gasteiger partial charge in [-0.05, 0) is 48.1 Å². The van der Waals surface area contributed by atoms with Crippen molar-refractivity contribution in [3.8, 4) is 0 Å². The molecule has 3 aromatic rings. The minimum atomic E-state index is -4.07. The van der Waals surface area contributed by atoms with E-state index in [4.69, 9.17) is 11.6 Å². The second-order valence-corrected chi connectivity index (χ2v) is 9.88. The van der Waals surface area contributed by atoms with Crippen molar-refractivity contribution in [1.29, 1.82) is 0 Å². The molecule has 9 heteroatoms. The number of carbonyl (C=O) groups is 1. The maximum atomic E-state index is 14.3. The van der Waals surface area contributed by atoms with Gasteiger partial charge in [0, 0.05) is 11.6 Å². The van der Waals surface area contributed by atoms with Crippen LogP contribution in [0.2, 0.25) is 5.02 Å². The van der Waals surface area contributed by atoms with Crippen molar-refractivity contribution < 1.29 is 17.6 Å². The van der Waals surface area contributed by atoms with Gasteiger partial charge in [0.25, 0.3) is 10.0 Å². The zero-order valence-corrected chi connectivity index (χ0v) is 18.3. The number of carbonyl (C=O) groups excluding carboxylic acids is 1. The molecule has 5 nitrogen and oxygen atoms in total. The third kappa shape index (κ3) is 5.38. The molecule has 0 atom stereocenters. The largest absolute Gasteiger partial charge is 0.355 e. The quantitative estimate of drug-likeness (QED) is 0.473. The first-order valence-corrected chi connectivity index (χ1v) is 11.9. The van der Waals surface area contributed by atoms with Crippen molar-refractivity contribution in [2.24, 2.45) is 0 Å². The Labute approximate surface area is 184 Å². The van der Waals surface area contributed by atoms with Crippen molar-refractivity contribution >= 4 is 44.6 Å². The molecule has 1 N–H and O–H groups in total. The molecule has 1 heterocycles. The second kappa shape index (κ2) is 10.1. The number of sulfonamides is 1. The van der Waals surface area contributed by atoms with E-state index in [0.29, 0.717) is 24.4 Å². The first-order chi connectivity index (χ1) is 14.4. The number of aryl methyl sites for hydroxylation is 1. The van der Waals surface area contributed by atoms with Crippen LogP contribution in [0.3, 0.4) is 0 Å². The molecule has 0 saturated heterocycles. The van der Waals surface area contributed by atoms with Crippen LogP contribution in [-0.2, 0) is 21.2 Å². The van der Waals surface area contributed by atoms with Gasteiger partial charge in [-0.15, -0.1) is 11.3 Å². The molecular weight excluding hydrogens is 447 g/mol. The van der Waals surface area contributed by atoms with Crippen LogP contribution in [-0.4, -0.2) is 27.4 Å². The first-order valence-electron chi connectivity index (χ1n) is 9.20. The number of anilines is 1. The highest BCUT2D eigenvalue weighted by Crippen LogP contribution is 2.28. The van der Waals surface area contributed by atoms with Crippen molar-refractivity contribution in [3.63, 3.8) is 0 Å². The van der Waals surface area contributed by atoms with Crippen LogP contribution in [0.25, 0.3) is 0 Å². The molecular formula is C21H20ClFN2O3S2. The van der Waals surface area contributed by atoms with Gasteiger partial charge in [0.15, 0.2) is 0 Å². The molecule has 0 aliphatic heterocycles. The highest BCUT2D eigenvalue weighted by Gasteiger charge is 2.29. The molecule has 158 valence electrons. The van der Waals surface area contributed by atoms with Crippen LogP contribution >= 0.6 is 22.9 Å². The van der Waals surface area contributed by atoms with Crippen LogP contribution in [0.4, 0.5) is 10.1 Å². The van der Waals surface area contributed by atoms with Crippen molar-refractivity contribution in [3.05, 3.63) is 82.4 Å². The fourth-order valence-corrected chi connectivity index (χ4v) is 5.63. The molecule has 0 radical (unpaired) electrons. The van der Waals surface area contributed by atoms with Gasteiger partial charge in [-0.1, -0.05) is 48.0 Å². The van der Waals surface area contributed by atoms with Gasteiger partial charge in [0.05, 0.1) is 5.69 Å². The second-order valence-electron chi connectivity index (χ2n) is 6.44. The smallest absolute Gasteiger partial charge is 0.274 e. The van der Waals surface area contributed by atoms with E-state index in [-0.39, 0.29) is 9.90 Å². The first kappa shape index (κ1) is 22.3. The van der Waals surface area contributed by atoms with E-state index in [2.05, 4.69) is 5.32 Å². The summed E-state index contributed by atoms with van der Waals surface area (Å²) in [4.78, 5) is 12.5. The van der Waals surface area contributed by atoms with Gasteiger partial charge >= 0.3 is 0 Å². The molecule has 3 rings (SSSR count). The van der Waals surface area contributed by atoms with Gasteiger partial charge < -0.3 is 5.32 Å². The van der Waals surface area contributed by atoms with Crippen LogP contribution in [0.15, 0.2) is 70.3 Å². The fraction of sp³-hybridized carbons (Fsp3) is 0.190. The summed E-state index contributed by atoms with van der Waals surface area (Å²) < 4.78 is 41.2. The lowest BCUT2D eigenvalue weighted by molar-refractivity contribution is -0.119. The number of hydrogen-bond acceptors (Lipinski definition) is 4. The van der Waals surface area contributed by atoms with Crippen LogP contribution in [0, 0.1) is 5.82 Å². The Morgan fingerprint density at radius 2 is 1.80 bits per heavy atom. The van der Waals surface area contributed by atoms with E-state index in [9.17, 15) is 17.6 Å². The lowest BCUT2D eigenvalue weighted by Crippen LogP contribution is -2.41. The molecule has 0 aliphatic carbocycles. The van der Waals surface area contributed by atoms with E-state index in [1.54, 1.807) is 17.5 Å². The number of rotatable bonds is 9. The normalized spacial score (nSPS) is 11.3. The SMILES string of the molecule is O=C(CN(c1ccccc1F)S(=O)(=O)c1cccs1)NCCCc1ccccc1Cl. The summed E-state index contributed by atoms with van der Waals surface area (Å²) in [6.07, 6.45) is 1.30. The average molecular weight is 467 g/mol. The van der Waals surface area contributed by atoms with Gasteiger partial charge in [0.1, 0.15) is 16.6 Å². The minimum Gasteiger partial charge on any atom is -0.355 e. The summed E-state index contributed by atoms with van der Waals surface area (Å²) in [6, 6.07) is 16.0. The number of amides is 1. The number of benzene rings is 2. The fourth-order valence-electron chi connectivity index (χ4n) is 2.87. The third-order valence-corrected chi connectivity index (χ3v) is 7.85. The Kier molecular flexibility index (Phi) is 7.47. The molecule has 0 spiro atoms. The molecule has 1 amide bonds. The average Bonchev–Trinajstić information content (AvgIpc) is 3.27. The Bertz CT molecular complexity index is 1100. The Morgan fingerprint density at radius 3 is 2.50 bits per heavy atom. The van der Waals surface area contributed by atoms with Gasteiger partial charge in [-0.3, -0.25) is 9.10 Å². The monoisotopic (exact) mass is 466 g/mol. The molecule has 0 aliphatic rings. The molecule has 1 aromatic heterocycles. The number of hydrogen-bond donors (Lipinski definition) is 1. The molecule has 0 fully saturated rings. The van der Waals surface area contributed by atoms with Crippen molar-refractivity contribution in [1.82, 2.24) is 5.32 Å². The van der Waals surface area contributed by atoms with Crippen molar-refractivity contribution in [2.75, 3.05) is 17.4 Å². The Hall–Kier alpha value is -2.42. The maximum Gasteiger partial charge on any atom is 0.274 e. The zero-order chi connectivity index (χ0) is 21.6. The standard InChI is InChI=1S/C21H20ClFN2O3S2/c22-17-9-2-1-7-16(17)8-5-13-24-20(26)15-25(19-11-4-3-10-18(19)23)30(27,28)21-12-6-14-29-21/h1-4,6-7,9-12,14H,5,8,13,15H2,(H,24,26). The van der Waals surface area contributed by atoms with E-state index in [0.717, 1.165) is 27.3 Å².